The van der Waals surface area contributed by atoms with Gasteiger partial charge in [0, 0.05) is 25.8 Å². The molecule has 1 aromatic carbocycles. The van der Waals surface area contributed by atoms with Gasteiger partial charge < -0.3 is 15.1 Å². The number of rotatable bonds is 5. The summed E-state index contributed by atoms with van der Waals surface area (Å²) in [6.45, 7) is 4.62. The van der Waals surface area contributed by atoms with Crippen molar-refractivity contribution in [1.29, 1.82) is 0 Å². The first kappa shape index (κ1) is 14.4. The van der Waals surface area contributed by atoms with E-state index in [9.17, 15) is 0 Å². The van der Waals surface area contributed by atoms with Crippen molar-refractivity contribution in [2.75, 3.05) is 45.7 Å². The van der Waals surface area contributed by atoms with Gasteiger partial charge in [-0.15, -0.1) is 0 Å². The van der Waals surface area contributed by atoms with Crippen molar-refractivity contribution < 1.29 is 0 Å². The Morgan fingerprint density at radius 1 is 1.21 bits per heavy atom. The molecular weight excluding hydrogens is 234 g/mol. The average Bonchev–Trinajstić information content (AvgIpc) is 2.42. The number of nitrogens with one attached hydrogen (secondary N) is 1. The van der Waals surface area contributed by atoms with Gasteiger partial charge in [0.05, 0.1) is 0 Å². The molecule has 1 fully saturated rings. The van der Waals surface area contributed by atoms with E-state index >= 15 is 0 Å². The summed E-state index contributed by atoms with van der Waals surface area (Å²) in [4.78, 5) is 4.84. The molecule has 1 saturated heterocycles. The summed E-state index contributed by atoms with van der Waals surface area (Å²) in [7, 11) is 6.42. The molecule has 1 aliphatic rings. The standard InChI is InChI=1S/C16H27N3/c1-17-12-14-4-6-16(7-5-14)19(3)13-15-8-10-18(2)11-9-15/h4-7,15,17H,8-13H2,1-3H3. The quantitative estimate of drug-likeness (QED) is 0.876. The molecule has 3 heteroatoms. The fourth-order valence-electron chi connectivity index (χ4n) is 2.81. The van der Waals surface area contributed by atoms with Gasteiger partial charge in [0.25, 0.3) is 0 Å². The number of nitrogens with zero attached hydrogens (tertiary/aromatic N) is 2. The van der Waals surface area contributed by atoms with Gasteiger partial charge in [-0.05, 0) is 63.6 Å². The maximum Gasteiger partial charge on any atom is 0.0363 e. The fraction of sp³-hybridized carbons (Fsp3) is 0.625. The number of hydrogen-bond donors (Lipinski definition) is 1. The zero-order valence-corrected chi connectivity index (χ0v) is 12.5. The zero-order chi connectivity index (χ0) is 13.7. The Labute approximate surface area is 117 Å². The van der Waals surface area contributed by atoms with Gasteiger partial charge in [0.1, 0.15) is 0 Å². The average molecular weight is 261 g/mol. The van der Waals surface area contributed by atoms with Crippen LogP contribution in [0.1, 0.15) is 18.4 Å². The van der Waals surface area contributed by atoms with E-state index in [1.54, 1.807) is 0 Å². The van der Waals surface area contributed by atoms with Gasteiger partial charge in [-0.1, -0.05) is 12.1 Å². The van der Waals surface area contributed by atoms with Crippen LogP contribution < -0.4 is 10.2 Å². The van der Waals surface area contributed by atoms with Crippen LogP contribution in [-0.2, 0) is 6.54 Å². The first-order valence-electron chi connectivity index (χ1n) is 7.32. The van der Waals surface area contributed by atoms with Gasteiger partial charge in [0.15, 0.2) is 0 Å². The summed E-state index contributed by atoms with van der Waals surface area (Å²) in [5, 5.41) is 3.18. The summed E-state index contributed by atoms with van der Waals surface area (Å²) in [6.07, 6.45) is 2.66. The molecule has 1 heterocycles. The first-order valence-corrected chi connectivity index (χ1v) is 7.32. The van der Waals surface area contributed by atoms with Crippen molar-refractivity contribution in [2.24, 2.45) is 5.92 Å². The van der Waals surface area contributed by atoms with Gasteiger partial charge in [-0.3, -0.25) is 0 Å². The Balaban J connectivity index is 1.86. The molecule has 0 bridgehead atoms. The van der Waals surface area contributed by atoms with Crippen molar-refractivity contribution in [2.45, 2.75) is 19.4 Å². The van der Waals surface area contributed by atoms with E-state index in [0.29, 0.717) is 0 Å². The minimum Gasteiger partial charge on any atom is -0.374 e. The lowest BCUT2D eigenvalue weighted by Gasteiger charge is -2.32. The highest BCUT2D eigenvalue weighted by atomic mass is 15.1. The molecular formula is C16H27N3. The van der Waals surface area contributed by atoms with Crippen LogP contribution in [0.5, 0.6) is 0 Å². The largest absolute Gasteiger partial charge is 0.374 e. The molecule has 1 aliphatic heterocycles. The van der Waals surface area contributed by atoms with Gasteiger partial charge >= 0.3 is 0 Å². The molecule has 0 spiro atoms. The highest BCUT2D eigenvalue weighted by Crippen LogP contribution is 2.20. The van der Waals surface area contributed by atoms with Gasteiger partial charge in [0.2, 0.25) is 0 Å². The van der Waals surface area contributed by atoms with Crippen LogP contribution in [0.4, 0.5) is 5.69 Å². The lowest BCUT2D eigenvalue weighted by molar-refractivity contribution is 0.222. The molecule has 0 aromatic heterocycles. The maximum atomic E-state index is 3.18. The van der Waals surface area contributed by atoms with E-state index in [4.69, 9.17) is 0 Å². The Morgan fingerprint density at radius 3 is 2.42 bits per heavy atom. The van der Waals surface area contributed by atoms with Gasteiger partial charge in [-0.2, -0.15) is 0 Å². The van der Waals surface area contributed by atoms with Crippen LogP contribution in [0.15, 0.2) is 24.3 Å². The SMILES string of the molecule is CNCc1ccc(N(C)CC2CCN(C)CC2)cc1. The molecule has 0 amide bonds. The first-order chi connectivity index (χ1) is 9.19. The summed E-state index contributed by atoms with van der Waals surface area (Å²) >= 11 is 0. The van der Waals surface area contributed by atoms with Crippen molar-refractivity contribution in [3.63, 3.8) is 0 Å². The lowest BCUT2D eigenvalue weighted by Crippen LogP contribution is -2.35. The Kier molecular flexibility index (Phi) is 5.23. The number of likely N-dealkylation sites (tertiary alicyclic amines) is 1. The molecule has 106 valence electrons. The van der Waals surface area contributed by atoms with Crippen LogP contribution in [0, 0.1) is 5.92 Å². The van der Waals surface area contributed by atoms with Crippen molar-refractivity contribution in [1.82, 2.24) is 10.2 Å². The third-order valence-electron chi connectivity index (χ3n) is 4.13. The highest BCUT2D eigenvalue weighted by molar-refractivity contribution is 5.46. The smallest absolute Gasteiger partial charge is 0.0363 e. The van der Waals surface area contributed by atoms with E-state index in [2.05, 4.69) is 53.5 Å². The third kappa shape index (κ3) is 4.22. The summed E-state index contributed by atoms with van der Waals surface area (Å²) < 4.78 is 0. The normalized spacial score (nSPS) is 17.6. The molecule has 1 N–H and O–H groups in total. The zero-order valence-electron chi connectivity index (χ0n) is 12.5. The Hall–Kier alpha value is -1.06. The molecule has 3 nitrogen and oxygen atoms in total. The van der Waals surface area contributed by atoms with Crippen LogP contribution in [0.2, 0.25) is 0 Å². The fourth-order valence-corrected chi connectivity index (χ4v) is 2.81. The Bertz CT molecular complexity index is 366. The van der Waals surface area contributed by atoms with Crippen molar-refractivity contribution in [3.8, 4) is 0 Å². The second-order valence-electron chi connectivity index (χ2n) is 5.82. The molecule has 0 unspecified atom stereocenters. The number of hydrogen-bond acceptors (Lipinski definition) is 3. The molecule has 0 saturated carbocycles. The predicted octanol–water partition coefficient (Wildman–Crippen LogP) is 2.18. The highest BCUT2D eigenvalue weighted by Gasteiger charge is 2.18. The minimum absolute atomic E-state index is 0.846. The molecule has 0 radical (unpaired) electrons. The van der Waals surface area contributed by atoms with E-state index in [0.717, 1.165) is 12.5 Å². The van der Waals surface area contributed by atoms with Gasteiger partial charge in [-0.25, -0.2) is 0 Å². The van der Waals surface area contributed by atoms with E-state index in [1.165, 1.54) is 43.7 Å². The van der Waals surface area contributed by atoms with Crippen molar-refractivity contribution >= 4 is 5.69 Å². The second-order valence-corrected chi connectivity index (χ2v) is 5.82. The predicted molar refractivity (Wildman–Crippen MR) is 82.7 cm³/mol. The lowest BCUT2D eigenvalue weighted by atomic mass is 9.96. The summed E-state index contributed by atoms with van der Waals surface area (Å²) in [6, 6.07) is 8.91. The molecule has 19 heavy (non-hydrogen) atoms. The van der Waals surface area contributed by atoms with Crippen LogP contribution in [-0.4, -0.2) is 45.7 Å². The van der Waals surface area contributed by atoms with E-state index < -0.39 is 0 Å². The van der Waals surface area contributed by atoms with Crippen molar-refractivity contribution in [3.05, 3.63) is 29.8 Å². The third-order valence-corrected chi connectivity index (χ3v) is 4.13. The molecule has 0 atom stereocenters. The monoisotopic (exact) mass is 261 g/mol. The van der Waals surface area contributed by atoms with Crippen LogP contribution >= 0.6 is 0 Å². The maximum absolute atomic E-state index is 3.18. The molecule has 2 rings (SSSR count). The minimum atomic E-state index is 0.846. The Morgan fingerprint density at radius 2 is 1.84 bits per heavy atom. The van der Waals surface area contributed by atoms with Crippen LogP contribution in [0.3, 0.4) is 0 Å². The molecule has 1 aromatic rings. The summed E-state index contributed by atoms with van der Waals surface area (Å²) in [5.74, 6) is 0.846. The van der Waals surface area contributed by atoms with E-state index in [-0.39, 0.29) is 0 Å². The molecule has 0 aliphatic carbocycles. The second kappa shape index (κ2) is 6.92. The number of piperidine rings is 1. The van der Waals surface area contributed by atoms with Crippen LogP contribution in [0.25, 0.3) is 0 Å². The number of anilines is 1. The summed E-state index contributed by atoms with van der Waals surface area (Å²) in [5.41, 5.74) is 2.68. The van der Waals surface area contributed by atoms with E-state index in [1.807, 2.05) is 7.05 Å². The topological polar surface area (TPSA) is 18.5 Å². The number of benzene rings is 1.